The molecule has 0 aliphatic rings. The van der Waals surface area contributed by atoms with Gasteiger partial charge in [0, 0.05) is 0 Å². The smallest absolute Gasteiger partial charge is 0.450 e. The molecule has 1 N–H and O–H groups in total. The molecule has 11 heavy (non-hydrogen) atoms. The summed E-state index contributed by atoms with van der Waals surface area (Å²) < 4.78 is 4.25. The van der Waals surface area contributed by atoms with Gasteiger partial charge in [-0.2, -0.15) is 0 Å². The predicted molar refractivity (Wildman–Crippen MR) is 42.6 cm³/mol. The van der Waals surface area contributed by atoms with Crippen LogP contribution in [0.5, 0.6) is 0 Å². The highest BCUT2D eigenvalue weighted by Crippen LogP contribution is 1.94. The maximum absolute atomic E-state index is 9.83. The van der Waals surface area contributed by atoms with Gasteiger partial charge in [0.1, 0.15) is 6.61 Å². The van der Waals surface area contributed by atoms with E-state index in [9.17, 15) is 4.79 Å². The molecule has 0 aromatic heterocycles. The highest BCUT2D eigenvalue weighted by Gasteiger charge is 1.89. The molecular formula is C8H14O3. The quantitative estimate of drug-likeness (QED) is 0.379. The average molecular weight is 158 g/mol. The van der Waals surface area contributed by atoms with Gasteiger partial charge in [0.25, 0.3) is 0 Å². The van der Waals surface area contributed by atoms with Crippen molar-refractivity contribution < 1.29 is 14.6 Å². The minimum absolute atomic E-state index is 0.166. The van der Waals surface area contributed by atoms with Gasteiger partial charge in [-0.05, 0) is 6.42 Å². The van der Waals surface area contributed by atoms with Gasteiger partial charge >= 0.3 is 6.16 Å². The van der Waals surface area contributed by atoms with E-state index in [4.69, 9.17) is 5.11 Å². The molecule has 3 heteroatoms. The third-order valence-corrected chi connectivity index (χ3v) is 1.19. The van der Waals surface area contributed by atoms with Crippen LogP contribution in [0.1, 0.15) is 26.2 Å². The number of carbonyl (C=O) groups is 1. The molecular weight excluding hydrogens is 144 g/mol. The van der Waals surface area contributed by atoms with E-state index in [0.29, 0.717) is 0 Å². The summed E-state index contributed by atoms with van der Waals surface area (Å²) in [5.74, 6) is 0. The number of unbranched alkanes of at least 4 members (excludes halogenated alkanes) is 2. The van der Waals surface area contributed by atoms with Gasteiger partial charge in [0.15, 0.2) is 0 Å². The molecule has 0 aromatic rings. The number of carboxylic acid groups (broad SMARTS) is 1. The molecule has 0 spiro atoms. The van der Waals surface area contributed by atoms with Crippen LogP contribution < -0.4 is 0 Å². The van der Waals surface area contributed by atoms with Crippen molar-refractivity contribution in [3.05, 3.63) is 12.2 Å². The van der Waals surface area contributed by atoms with E-state index < -0.39 is 6.16 Å². The van der Waals surface area contributed by atoms with E-state index in [1.54, 1.807) is 6.08 Å². The summed E-state index contributed by atoms with van der Waals surface area (Å²) in [6, 6.07) is 0. The van der Waals surface area contributed by atoms with E-state index in [0.717, 1.165) is 19.3 Å². The van der Waals surface area contributed by atoms with Gasteiger partial charge in [-0.3, -0.25) is 0 Å². The van der Waals surface area contributed by atoms with Crippen LogP contribution in [0.15, 0.2) is 12.2 Å². The third kappa shape index (κ3) is 9.01. The van der Waals surface area contributed by atoms with Crippen molar-refractivity contribution in [3.63, 3.8) is 0 Å². The van der Waals surface area contributed by atoms with Crippen LogP contribution in [0.4, 0.5) is 4.79 Å². The highest BCUT2D eigenvalue weighted by molar-refractivity contribution is 5.56. The summed E-state index contributed by atoms with van der Waals surface area (Å²) in [7, 11) is 0. The van der Waals surface area contributed by atoms with Crippen LogP contribution in [0.25, 0.3) is 0 Å². The molecule has 0 aliphatic carbocycles. The lowest BCUT2D eigenvalue weighted by atomic mass is 10.2. The number of ether oxygens (including phenoxy) is 1. The van der Waals surface area contributed by atoms with Crippen molar-refractivity contribution in [2.75, 3.05) is 6.61 Å². The van der Waals surface area contributed by atoms with Crippen molar-refractivity contribution in [1.29, 1.82) is 0 Å². The fraction of sp³-hybridized carbons (Fsp3) is 0.625. The monoisotopic (exact) mass is 158 g/mol. The summed E-state index contributed by atoms with van der Waals surface area (Å²) in [6.45, 7) is 2.28. The molecule has 0 amide bonds. The van der Waals surface area contributed by atoms with Crippen LogP contribution in [0, 0.1) is 0 Å². The van der Waals surface area contributed by atoms with Gasteiger partial charge in [0.05, 0.1) is 0 Å². The molecule has 0 aliphatic heterocycles. The lowest BCUT2D eigenvalue weighted by Crippen LogP contribution is -1.98. The van der Waals surface area contributed by atoms with Gasteiger partial charge < -0.3 is 9.84 Å². The van der Waals surface area contributed by atoms with Gasteiger partial charge in [-0.1, -0.05) is 31.9 Å². The molecule has 64 valence electrons. The Hall–Kier alpha value is -0.990. The highest BCUT2D eigenvalue weighted by atomic mass is 16.7. The van der Waals surface area contributed by atoms with Crippen molar-refractivity contribution in [3.8, 4) is 0 Å². The fourth-order valence-electron chi connectivity index (χ4n) is 0.627. The van der Waals surface area contributed by atoms with Gasteiger partial charge in [0.2, 0.25) is 0 Å². The summed E-state index contributed by atoms with van der Waals surface area (Å²) >= 11 is 0. The summed E-state index contributed by atoms with van der Waals surface area (Å²) in [5, 5.41) is 8.06. The first-order chi connectivity index (χ1) is 5.27. The lowest BCUT2D eigenvalue weighted by molar-refractivity contribution is 0.102. The van der Waals surface area contributed by atoms with Crippen molar-refractivity contribution in [2.24, 2.45) is 0 Å². The van der Waals surface area contributed by atoms with E-state index in [2.05, 4.69) is 11.7 Å². The number of rotatable bonds is 5. The number of hydrogen-bond donors (Lipinski definition) is 1. The standard InChI is InChI=1S/C8H14O3/c1-2-3-4-5-6-7-11-8(9)10/h5-6H,2-4,7H2,1H3,(H,9,10). The Balaban J connectivity index is 3.10. The first-order valence-corrected chi connectivity index (χ1v) is 3.78. The van der Waals surface area contributed by atoms with Crippen molar-refractivity contribution >= 4 is 6.16 Å². The Morgan fingerprint density at radius 3 is 2.82 bits per heavy atom. The van der Waals surface area contributed by atoms with Crippen LogP contribution in [0.2, 0.25) is 0 Å². The Labute approximate surface area is 66.7 Å². The zero-order valence-electron chi connectivity index (χ0n) is 6.75. The minimum Gasteiger partial charge on any atom is -0.450 e. The second-order valence-corrected chi connectivity index (χ2v) is 2.19. The molecule has 0 saturated carbocycles. The molecule has 0 aromatic carbocycles. The first kappa shape index (κ1) is 10.0. The molecule has 0 fully saturated rings. The Kier molecular flexibility index (Phi) is 6.48. The van der Waals surface area contributed by atoms with Gasteiger partial charge in [-0.15, -0.1) is 0 Å². The topological polar surface area (TPSA) is 46.5 Å². The lowest BCUT2D eigenvalue weighted by Gasteiger charge is -1.92. The average Bonchev–Trinajstić information content (AvgIpc) is 1.96. The van der Waals surface area contributed by atoms with E-state index in [1.165, 1.54) is 0 Å². The molecule has 0 atom stereocenters. The summed E-state index contributed by atoms with van der Waals surface area (Å²) in [6.07, 6.45) is 5.74. The van der Waals surface area contributed by atoms with Crippen LogP contribution >= 0.6 is 0 Å². The van der Waals surface area contributed by atoms with E-state index in [-0.39, 0.29) is 6.61 Å². The molecule has 3 nitrogen and oxygen atoms in total. The maximum Gasteiger partial charge on any atom is 0.506 e. The first-order valence-electron chi connectivity index (χ1n) is 3.78. The third-order valence-electron chi connectivity index (χ3n) is 1.19. The fourth-order valence-corrected chi connectivity index (χ4v) is 0.627. The number of hydrogen-bond acceptors (Lipinski definition) is 2. The Morgan fingerprint density at radius 2 is 2.27 bits per heavy atom. The Morgan fingerprint density at radius 1 is 1.55 bits per heavy atom. The number of allylic oxidation sites excluding steroid dienone is 1. The normalized spacial score (nSPS) is 10.3. The van der Waals surface area contributed by atoms with Crippen LogP contribution in [-0.4, -0.2) is 17.9 Å². The second kappa shape index (κ2) is 7.12. The molecule has 0 rings (SSSR count). The Bertz CT molecular complexity index is 129. The summed E-state index contributed by atoms with van der Waals surface area (Å²) in [4.78, 5) is 9.83. The minimum atomic E-state index is -1.22. The van der Waals surface area contributed by atoms with E-state index >= 15 is 0 Å². The molecule has 0 radical (unpaired) electrons. The van der Waals surface area contributed by atoms with Crippen molar-refractivity contribution in [2.45, 2.75) is 26.2 Å². The zero-order chi connectivity index (χ0) is 8.53. The molecule has 0 unspecified atom stereocenters. The summed E-state index contributed by atoms with van der Waals surface area (Å²) in [5.41, 5.74) is 0. The van der Waals surface area contributed by atoms with Crippen LogP contribution in [0.3, 0.4) is 0 Å². The predicted octanol–water partition coefficient (Wildman–Crippen LogP) is 2.43. The van der Waals surface area contributed by atoms with Crippen molar-refractivity contribution in [1.82, 2.24) is 0 Å². The molecule has 0 bridgehead atoms. The van der Waals surface area contributed by atoms with Crippen LogP contribution in [-0.2, 0) is 4.74 Å². The van der Waals surface area contributed by atoms with Gasteiger partial charge in [-0.25, -0.2) is 4.79 Å². The SMILES string of the molecule is CCCCC=CCOC(=O)O. The molecule has 0 heterocycles. The second-order valence-electron chi connectivity index (χ2n) is 2.19. The molecule has 0 saturated heterocycles. The largest absolute Gasteiger partial charge is 0.506 e. The van der Waals surface area contributed by atoms with E-state index in [1.807, 2.05) is 6.08 Å². The zero-order valence-corrected chi connectivity index (χ0v) is 6.75. The maximum atomic E-state index is 9.83.